The molecular weight excluding hydrogens is 244 g/mol. The van der Waals surface area contributed by atoms with Crippen LogP contribution < -0.4 is 0 Å². The fourth-order valence-electron chi connectivity index (χ4n) is 2.81. The maximum atomic E-state index is 10.3. The van der Waals surface area contributed by atoms with Crippen LogP contribution in [0.25, 0.3) is 11.1 Å². The molecule has 1 N–H and O–H groups in total. The molecule has 1 nitrogen and oxygen atoms in total. The summed E-state index contributed by atoms with van der Waals surface area (Å²) in [5, 5.41) is 10.3. The third-order valence-electron chi connectivity index (χ3n) is 3.81. The van der Waals surface area contributed by atoms with Crippen molar-refractivity contribution in [3.05, 3.63) is 52.6 Å². The molecule has 2 aromatic rings. The highest BCUT2D eigenvalue weighted by atomic mass is 16.3. The number of aromatic hydroxyl groups is 1. The van der Waals surface area contributed by atoms with Gasteiger partial charge in [0.2, 0.25) is 0 Å². The lowest BCUT2D eigenvalue weighted by Crippen LogP contribution is -2.11. The first-order valence-electron chi connectivity index (χ1n) is 7.12. The highest BCUT2D eigenvalue weighted by Gasteiger charge is 2.17. The molecule has 20 heavy (non-hydrogen) atoms. The van der Waals surface area contributed by atoms with Gasteiger partial charge < -0.3 is 5.11 Å². The van der Waals surface area contributed by atoms with Crippen molar-refractivity contribution in [1.82, 2.24) is 0 Å². The normalized spacial score (nSPS) is 11.7. The average Bonchev–Trinajstić information content (AvgIpc) is 2.28. The second-order valence-corrected chi connectivity index (χ2v) is 6.76. The van der Waals surface area contributed by atoms with Gasteiger partial charge in [0.15, 0.2) is 0 Å². The standard InChI is InChI=1S/C19H24O/c1-12-9-13(2)18(14(3)10-12)16-11-15(19(4,5)6)7-8-17(16)20/h7-11,20H,1-6H3. The monoisotopic (exact) mass is 268 g/mol. The Balaban J connectivity index is 2.70. The van der Waals surface area contributed by atoms with E-state index < -0.39 is 0 Å². The molecule has 0 saturated carbocycles. The molecule has 0 fully saturated rings. The van der Waals surface area contributed by atoms with Crippen LogP contribution in [0.1, 0.15) is 43.0 Å². The van der Waals surface area contributed by atoms with E-state index in [1.54, 1.807) is 0 Å². The van der Waals surface area contributed by atoms with Crippen LogP contribution in [0.2, 0.25) is 0 Å². The summed E-state index contributed by atoms with van der Waals surface area (Å²) in [7, 11) is 0. The zero-order valence-corrected chi connectivity index (χ0v) is 13.3. The summed E-state index contributed by atoms with van der Waals surface area (Å²) in [6, 6.07) is 10.3. The van der Waals surface area contributed by atoms with Crippen molar-refractivity contribution in [2.24, 2.45) is 0 Å². The van der Waals surface area contributed by atoms with Gasteiger partial charge in [-0.3, -0.25) is 0 Å². The molecule has 0 spiro atoms. The number of phenols is 1. The van der Waals surface area contributed by atoms with Crippen molar-refractivity contribution in [1.29, 1.82) is 0 Å². The molecule has 0 aromatic heterocycles. The number of hydrogen-bond acceptors (Lipinski definition) is 1. The molecule has 2 aromatic carbocycles. The minimum Gasteiger partial charge on any atom is -0.507 e. The Hall–Kier alpha value is -1.76. The van der Waals surface area contributed by atoms with Crippen molar-refractivity contribution in [2.75, 3.05) is 0 Å². The average molecular weight is 268 g/mol. The molecule has 0 heterocycles. The summed E-state index contributed by atoms with van der Waals surface area (Å²) in [4.78, 5) is 0. The van der Waals surface area contributed by atoms with Crippen molar-refractivity contribution < 1.29 is 5.11 Å². The molecule has 0 bridgehead atoms. The number of rotatable bonds is 1. The van der Waals surface area contributed by atoms with E-state index in [1.807, 2.05) is 12.1 Å². The lowest BCUT2D eigenvalue weighted by atomic mass is 9.84. The Labute approximate surface area is 122 Å². The van der Waals surface area contributed by atoms with Gasteiger partial charge in [0.05, 0.1) is 0 Å². The molecule has 0 unspecified atom stereocenters. The van der Waals surface area contributed by atoms with Gasteiger partial charge in [-0.05, 0) is 60.6 Å². The van der Waals surface area contributed by atoms with Crippen LogP contribution in [0.4, 0.5) is 0 Å². The van der Waals surface area contributed by atoms with Crippen molar-refractivity contribution in [3.63, 3.8) is 0 Å². The third-order valence-corrected chi connectivity index (χ3v) is 3.81. The fraction of sp³-hybridized carbons (Fsp3) is 0.368. The van der Waals surface area contributed by atoms with Crippen molar-refractivity contribution in [3.8, 4) is 16.9 Å². The van der Waals surface area contributed by atoms with E-state index in [0.29, 0.717) is 5.75 Å². The van der Waals surface area contributed by atoms with Crippen LogP contribution in [0.5, 0.6) is 5.75 Å². The maximum Gasteiger partial charge on any atom is 0.123 e. The van der Waals surface area contributed by atoms with E-state index in [0.717, 1.165) is 11.1 Å². The van der Waals surface area contributed by atoms with Crippen LogP contribution in [-0.4, -0.2) is 5.11 Å². The summed E-state index contributed by atoms with van der Waals surface area (Å²) in [5.41, 5.74) is 7.09. The Bertz CT molecular complexity index is 622. The Morgan fingerprint density at radius 3 is 1.90 bits per heavy atom. The van der Waals surface area contributed by atoms with E-state index in [9.17, 15) is 5.11 Å². The first-order chi connectivity index (χ1) is 9.20. The van der Waals surface area contributed by atoms with E-state index in [1.165, 1.54) is 22.3 Å². The van der Waals surface area contributed by atoms with Gasteiger partial charge in [0, 0.05) is 5.56 Å². The summed E-state index contributed by atoms with van der Waals surface area (Å²) in [5.74, 6) is 0.355. The first kappa shape index (κ1) is 14.6. The summed E-state index contributed by atoms with van der Waals surface area (Å²) >= 11 is 0. The SMILES string of the molecule is Cc1cc(C)c(-c2cc(C(C)(C)C)ccc2O)c(C)c1. The molecule has 0 atom stereocenters. The minimum absolute atomic E-state index is 0.0783. The number of phenolic OH excluding ortho intramolecular Hbond substituents is 1. The predicted molar refractivity (Wildman–Crippen MR) is 86.5 cm³/mol. The minimum atomic E-state index is 0.0783. The smallest absolute Gasteiger partial charge is 0.123 e. The fourth-order valence-corrected chi connectivity index (χ4v) is 2.81. The molecule has 0 aliphatic carbocycles. The second kappa shape index (κ2) is 4.97. The highest BCUT2D eigenvalue weighted by molar-refractivity contribution is 5.77. The predicted octanol–water partition coefficient (Wildman–Crippen LogP) is 5.28. The zero-order valence-electron chi connectivity index (χ0n) is 13.3. The lowest BCUT2D eigenvalue weighted by Gasteiger charge is -2.21. The van der Waals surface area contributed by atoms with Crippen molar-refractivity contribution >= 4 is 0 Å². The summed E-state index contributed by atoms with van der Waals surface area (Å²) in [6.07, 6.45) is 0. The van der Waals surface area contributed by atoms with Gasteiger partial charge in [-0.1, -0.05) is 44.5 Å². The number of aryl methyl sites for hydroxylation is 3. The third kappa shape index (κ3) is 2.72. The largest absolute Gasteiger partial charge is 0.507 e. The van der Waals surface area contributed by atoms with E-state index in [2.05, 4.69) is 59.7 Å². The number of hydrogen-bond donors (Lipinski definition) is 1. The van der Waals surface area contributed by atoms with Gasteiger partial charge in [-0.15, -0.1) is 0 Å². The molecule has 2 rings (SSSR count). The molecule has 0 saturated heterocycles. The number of benzene rings is 2. The quantitative estimate of drug-likeness (QED) is 0.745. The lowest BCUT2D eigenvalue weighted by molar-refractivity contribution is 0.476. The Morgan fingerprint density at radius 1 is 0.850 bits per heavy atom. The van der Waals surface area contributed by atoms with E-state index in [-0.39, 0.29) is 5.41 Å². The molecule has 0 aliphatic heterocycles. The molecule has 106 valence electrons. The molecular formula is C19H24O. The summed E-state index contributed by atoms with van der Waals surface area (Å²) in [6.45, 7) is 12.9. The Morgan fingerprint density at radius 2 is 1.40 bits per heavy atom. The van der Waals surface area contributed by atoms with Crippen LogP contribution >= 0.6 is 0 Å². The molecule has 0 aliphatic rings. The second-order valence-electron chi connectivity index (χ2n) is 6.76. The first-order valence-corrected chi connectivity index (χ1v) is 7.12. The highest BCUT2D eigenvalue weighted by Crippen LogP contribution is 2.37. The topological polar surface area (TPSA) is 20.2 Å². The maximum absolute atomic E-state index is 10.3. The van der Waals surface area contributed by atoms with Crippen LogP contribution in [0.3, 0.4) is 0 Å². The van der Waals surface area contributed by atoms with Crippen LogP contribution in [0, 0.1) is 20.8 Å². The van der Waals surface area contributed by atoms with Gasteiger partial charge in [0.1, 0.15) is 5.75 Å². The van der Waals surface area contributed by atoms with Crippen LogP contribution in [0.15, 0.2) is 30.3 Å². The van der Waals surface area contributed by atoms with Crippen LogP contribution in [-0.2, 0) is 5.41 Å². The molecule has 0 radical (unpaired) electrons. The zero-order chi connectivity index (χ0) is 15.1. The van der Waals surface area contributed by atoms with Gasteiger partial charge in [0.25, 0.3) is 0 Å². The molecule has 1 heteroatoms. The van der Waals surface area contributed by atoms with Gasteiger partial charge in [-0.25, -0.2) is 0 Å². The van der Waals surface area contributed by atoms with Gasteiger partial charge >= 0.3 is 0 Å². The molecule has 0 amide bonds. The van der Waals surface area contributed by atoms with Gasteiger partial charge in [-0.2, -0.15) is 0 Å². The van der Waals surface area contributed by atoms with E-state index in [4.69, 9.17) is 0 Å². The summed E-state index contributed by atoms with van der Waals surface area (Å²) < 4.78 is 0. The van der Waals surface area contributed by atoms with Crippen molar-refractivity contribution in [2.45, 2.75) is 47.0 Å². The Kier molecular flexibility index (Phi) is 3.64. The van der Waals surface area contributed by atoms with E-state index >= 15 is 0 Å².